The summed E-state index contributed by atoms with van der Waals surface area (Å²) >= 11 is 5.81. The molecule has 20 heavy (non-hydrogen) atoms. The van der Waals surface area contributed by atoms with Gasteiger partial charge in [-0.25, -0.2) is 0 Å². The van der Waals surface area contributed by atoms with Crippen molar-refractivity contribution in [1.29, 1.82) is 0 Å². The predicted molar refractivity (Wildman–Crippen MR) is 77.9 cm³/mol. The van der Waals surface area contributed by atoms with Gasteiger partial charge in [-0.1, -0.05) is 28.9 Å². The molecule has 0 spiro atoms. The Hall–Kier alpha value is -1.85. The van der Waals surface area contributed by atoms with Gasteiger partial charge in [0.25, 0.3) is 0 Å². The van der Waals surface area contributed by atoms with E-state index in [1.54, 1.807) is 13.0 Å². The maximum Gasteiger partial charge on any atom is 0.239 e. The van der Waals surface area contributed by atoms with Gasteiger partial charge >= 0.3 is 0 Å². The number of hydrogen-bond acceptors (Lipinski definition) is 4. The molecule has 0 aliphatic heterocycles. The molecule has 106 valence electrons. The molecular formula is C14H16ClN3O2. The van der Waals surface area contributed by atoms with Crippen molar-refractivity contribution in [3.8, 4) is 0 Å². The molecule has 0 saturated heterocycles. The van der Waals surface area contributed by atoms with Crippen LogP contribution >= 0.6 is 11.6 Å². The number of nitrogens with one attached hydrogen (secondary N) is 2. The standard InChI is InChI=1S/C14H16ClN3O2/c1-10-8-13(18-20-10)17-14(19)9-16-7-6-11-2-4-12(15)5-3-11/h2-5,8,16H,6-7,9H2,1H3,(H,17,18,19). The summed E-state index contributed by atoms with van der Waals surface area (Å²) in [7, 11) is 0. The van der Waals surface area contributed by atoms with E-state index < -0.39 is 0 Å². The number of halogens is 1. The van der Waals surface area contributed by atoms with Crippen LogP contribution in [0.25, 0.3) is 0 Å². The average Bonchev–Trinajstić information content (AvgIpc) is 2.82. The number of carbonyl (C=O) groups is 1. The van der Waals surface area contributed by atoms with Gasteiger partial charge in [-0.3, -0.25) is 4.79 Å². The van der Waals surface area contributed by atoms with Crippen molar-refractivity contribution >= 4 is 23.3 Å². The molecule has 1 heterocycles. The van der Waals surface area contributed by atoms with Gasteiger partial charge in [-0.2, -0.15) is 0 Å². The molecule has 0 saturated carbocycles. The summed E-state index contributed by atoms with van der Waals surface area (Å²) in [5.74, 6) is 0.956. The molecule has 5 nitrogen and oxygen atoms in total. The minimum atomic E-state index is -0.144. The number of aryl methyl sites for hydroxylation is 1. The van der Waals surface area contributed by atoms with E-state index in [1.807, 2.05) is 24.3 Å². The normalized spacial score (nSPS) is 10.5. The first-order chi connectivity index (χ1) is 9.63. The van der Waals surface area contributed by atoms with Crippen LogP contribution in [0.3, 0.4) is 0 Å². The second kappa shape index (κ2) is 7.07. The van der Waals surface area contributed by atoms with E-state index in [-0.39, 0.29) is 12.5 Å². The average molecular weight is 294 g/mol. The molecule has 1 aromatic carbocycles. The highest BCUT2D eigenvalue weighted by molar-refractivity contribution is 6.30. The Bertz CT molecular complexity index is 566. The van der Waals surface area contributed by atoms with Crippen LogP contribution in [-0.4, -0.2) is 24.2 Å². The lowest BCUT2D eigenvalue weighted by Gasteiger charge is -2.05. The quantitative estimate of drug-likeness (QED) is 0.803. The topological polar surface area (TPSA) is 67.2 Å². The lowest BCUT2D eigenvalue weighted by molar-refractivity contribution is -0.115. The van der Waals surface area contributed by atoms with Gasteiger partial charge in [-0.15, -0.1) is 0 Å². The van der Waals surface area contributed by atoms with Crippen molar-refractivity contribution in [3.05, 3.63) is 46.7 Å². The number of benzene rings is 1. The first-order valence-electron chi connectivity index (χ1n) is 6.32. The monoisotopic (exact) mass is 293 g/mol. The molecule has 0 radical (unpaired) electrons. The van der Waals surface area contributed by atoms with Crippen molar-refractivity contribution in [2.24, 2.45) is 0 Å². The van der Waals surface area contributed by atoms with Crippen LogP contribution in [0.5, 0.6) is 0 Å². The fourth-order valence-electron chi connectivity index (χ4n) is 1.70. The van der Waals surface area contributed by atoms with E-state index in [0.29, 0.717) is 18.1 Å². The third-order valence-corrected chi connectivity index (χ3v) is 2.94. The molecule has 1 aromatic heterocycles. The molecule has 2 rings (SSSR count). The third kappa shape index (κ3) is 4.68. The molecule has 0 bridgehead atoms. The van der Waals surface area contributed by atoms with E-state index in [0.717, 1.165) is 11.4 Å². The summed E-state index contributed by atoms with van der Waals surface area (Å²) in [4.78, 5) is 11.6. The maximum absolute atomic E-state index is 11.6. The summed E-state index contributed by atoms with van der Waals surface area (Å²) in [6.45, 7) is 2.72. The molecule has 0 aliphatic carbocycles. The smallest absolute Gasteiger partial charge is 0.239 e. The van der Waals surface area contributed by atoms with Gasteiger partial charge in [0.05, 0.1) is 6.54 Å². The lowest BCUT2D eigenvalue weighted by atomic mass is 10.1. The van der Waals surface area contributed by atoms with Crippen LogP contribution in [-0.2, 0) is 11.2 Å². The van der Waals surface area contributed by atoms with Gasteiger partial charge < -0.3 is 15.2 Å². The van der Waals surface area contributed by atoms with E-state index >= 15 is 0 Å². The van der Waals surface area contributed by atoms with Gasteiger partial charge in [-0.05, 0) is 37.6 Å². The van der Waals surface area contributed by atoms with Gasteiger partial charge in [0.15, 0.2) is 5.82 Å². The first kappa shape index (κ1) is 14.6. The van der Waals surface area contributed by atoms with Crippen molar-refractivity contribution in [1.82, 2.24) is 10.5 Å². The Morgan fingerprint density at radius 2 is 2.10 bits per heavy atom. The Morgan fingerprint density at radius 1 is 1.35 bits per heavy atom. The first-order valence-corrected chi connectivity index (χ1v) is 6.69. The van der Waals surface area contributed by atoms with Gasteiger partial charge in [0, 0.05) is 11.1 Å². The number of aromatic nitrogens is 1. The number of carbonyl (C=O) groups excluding carboxylic acids is 1. The number of rotatable bonds is 6. The number of amides is 1. The molecule has 1 amide bonds. The minimum Gasteiger partial charge on any atom is -0.360 e. The number of anilines is 1. The molecule has 0 fully saturated rings. The Labute approximate surface area is 122 Å². The number of nitrogens with zero attached hydrogens (tertiary/aromatic N) is 1. The zero-order chi connectivity index (χ0) is 14.4. The molecule has 0 atom stereocenters. The van der Waals surface area contributed by atoms with Crippen molar-refractivity contribution in [2.45, 2.75) is 13.3 Å². The highest BCUT2D eigenvalue weighted by Gasteiger charge is 2.05. The fraction of sp³-hybridized carbons (Fsp3) is 0.286. The van der Waals surface area contributed by atoms with Crippen molar-refractivity contribution in [3.63, 3.8) is 0 Å². The van der Waals surface area contributed by atoms with Crippen LogP contribution in [0.15, 0.2) is 34.9 Å². The van der Waals surface area contributed by atoms with Crippen molar-refractivity contribution < 1.29 is 9.32 Å². The number of hydrogen-bond donors (Lipinski definition) is 2. The molecule has 2 N–H and O–H groups in total. The van der Waals surface area contributed by atoms with E-state index in [2.05, 4.69) is 15.8 Å². The second-order valence-electron chi connectivity index (χ2n) is 4.42. The fourth-order valence-corrected chi connectivity index (χ4v) is 1.82. The summed E-state index contributed by atoms with van der Waals surface area (Å²) in [6.07, 6.45) is 0.841. The van der Waals surface area contributed by atoms with E-state index in [1.165, 1.54) is 5.56 Å². The SMILES string of the molecule is Cc1cc(NC(=O)CNCCc2ccc(Cl)cc2)no1. The van der Waals surface area contributed by atoms with Crippen molar-refractivity contribution in [2.75, 3.05) is 18.4 Å². The van der Waals surface area contributed by atoms with E-state index in [4.69, 9.17) is 16.1 Å². The highest BCUT2D eigenvalue weighted by atomic mass is 35.5. The lowest BCUT2D eigenvalue weighted by Crippen LogP contribution is -2.29. The summed E-state index contributed by atoms with van der Waals surface area (Å²) < 4.78 is 4.86. The summed E-state index contributed by atoms with van der Waals surface area (Å²) in [5.41, 5.74) is 1.18. The molecular weight excluding hydrogens is 278 g/mol. The maximum atomic E-state index is 11.6. The summed E-state index contributed by atoms with van der Waals surface area (Å²) in [5, 5.41) is 10.1. The Kier molecular flexibility index (Phi) is 5.15. The van der Waals surface area contributed by atoms with E-state index in [9.17, 15) is 4.79 Å². The molecule has 0 aliphatic rings. The van der Waals surface area contributed by atoms with Crippen LogP contribution < -0.4 is 10.6 Å². The van der Waals surface area contributed by atoms with Gasteiger partial charge in [0.2, 0.25) is 5.91 Å². The van der Waals surface area contributed by atoms with Crippen LogP contribution in [0.1, 0.15) is 11.3 Å². The minimum absolute atomic E-state index is 0.144. The summed E-state index contributed by atoms with van der Waals surface area (Å²) in [6, 6.07) is 9.34. The largest absolute Gasteiger partial charge is 0.360 e. The zero-order valence-corrected chi connectivity index (χ0v) is 11.9. The Morgan fingerprint density at radius 3 is 2.75 bits per heavy atom. The molecule has 6 heteroatoms. The van der Waals surface area contributed by atoms with Gasteiger partial charge in [0.1, 0.15) is 5.76 Å². The molecule has 0 unspecified atom stereocenters. The zero-order valence-electron chi connectivity index (χ0n) is 11.1. The molecule has 2 aromatic rings. The van der Waals surface area contributed by atoms with Crippen LogP contribution in [0, 0.1) is 6.92 Å². The van der Waals surface area contributed by atoms with Crippen LogP contribution in [0.4, 0.5) is 5.82 Å². The highest BCUT2D eigenvalue weighted by Crippen LogP contribution is 2.09. The van der Waals surface area contributed by atoms with Crippen LogP contribution in [0.2, 0.25) is 5.02 Å². The predicted octanol–water partition coefficient (Wildman–Crippen LogP) is 2.41. The Balaban J connectivity index is 1.65. The third-order valence-electron chi connectivity index (χ3n) is 2.68. The second-order valence-corrected chi connectivity index (χ2v) is 4.86.